The molecule has 1 aromatic carbocycles. The molecule has 0 bridgehead atoms. The van der Waals surface area contributed by atoms with Gasteiger partial charge >= 0.3 is 0 Å². The van der Waals surface area contributed by atoms with Crippen molar-refractivity contribution >= 4 is 0 Å². The van der Waals surface area contributed by atoms with Crippen molar-refractivity contribution in [1.82, 2.24) is 0 Å². The average molecular weight is 224 g/mol. The molecular weight excluding hydrogens is 212 g/mol. The van der Waals surface area contributed by atoms with Crippen LogP contribution in [0.15, 0.2) is 12.1 Å². The summed E-state index contributed by atoms with van der Waals surface area (Å²) in [7, 11) is 1.50. The minimum atomic E-state index is -1.23. The van der Waals surface area contributed by atoms with Crippen LogP contribution >= 0.6 is 0 Å². The number of hydrogen-bond acceptors (Lipinski definition) is 5. The monoisotopic (exact) mass is 224 g/mol. The van der Waals surface area contributed by atoms with Gasteiger partial charge in [-0.1, -0.05) is 0 Å². The fourth-order valence-corrected chi connectivity index (χ4v) is 2.29. The lowest BCUT2D eigenvalue weighted by molar-refractivity contribution is -0.123. The Hall–Kier alpha value is -1.46. The topological polar surface area (TPSA) is 68.2 Å². The van der Waals surface area contributed by atoms with Crippen LogP contribution in [0.1, 0.15) is 12.0 Å². The molecule has 1 aromatic rings. The van der Waals surface area contributed by atoms with E-state index in [1.54, 1.807) is 6.07 Å². The largest absolute Gasteiger partial charge is 0.507 e. The van der Waals surface area contributed by atoms with E-state index in [1.165, 1.54) is 13.2 Å². The van der Waals surface area contributed by atoms with Crippen LogP contribution in [0.2, 0.25) is 0 Å². The SMILES string of the molecule is COc1cc(O)c2c(c1)O[C@H]1OCC[C@@]21O. The molecule has 5 nitrogen and oxygen atoms in total. The summed E-state index contributed by atoms with van der Waals surface area (Å²) in [5, 5.41) is 20.3. The number of benzene rings is 1. The van der Waals surface area contributed by atoms with Gasteiger partial charge in [0.15, 0.2) is 5.60 Å². The number of rotatable bonds is 1. The minimum absolute atomic E-state index is 0.0233. The third kappa shape index (κ3) is 1.07. The summed E-state index contributed by atoms with van der Waals surface area (Å²) in [5.74, 6) is 0.883. The molecule has 2 heterocycles. The lowest BCUT2D eigenvalue weighted by Crippen LogP contribution is -2.33. The lowest BCUT2D eigenvalue weighted by Gasteiger charge is -2.19. The Morgan fingerprint density at radius 2 is 2.31 bits per heavy atom. The minimum Gasteiger partial charge on any atom is -0.507 e. The first-order chi connectivity index (χ1) is 7.65. The molecule has 0 amide bonds. The molecular formula is C11H12O5. The van der Waals surface area contributed by atoms with Crippen molar-refractivity contribution in [3.8, 4) is 17.2 Å². The molecule has 0 unspecified atom stereocenters. The Kier molecular flexibility index (Phi) is 1.84. The Bertz CT molecular complexity index is 444. The zero-order chi connectivity index (χ0) is 11.3. The highest BCUT2D eigenvalue weighted by Gasteiger charge is 2.54. The maximum atomic E-state index is 10.4. The van der Waals surface area contributed by atoms with Crippen LogP contribution < -0.4 is 9.47 Å². The van der Waals surface area contributed by atoms with E-state index in [2.05, 4.69) is 0 Å². The number of ether oxygens (including phenoxy) is 3. The standard InChI is InChI=1S/C11H12O5/c1-14-6-4-7(12)9-8(5-6)16-10-11(9,13)2-3-15-10/h4-5,10,12-13H,2-3H2,1H3/t10-,11-/m1/s1. The quantitative estimate of drug-likeness (QED) is 0.736. The summed E-state index contributed by atoms with van der Waals surface area (Å²) in [6.45, 7) is 0.423. The number of aliphatic hydroxyl groups is 1. The first-order valence-electron chi connectivity index (χ1n) is 5.07. The van der Waals surface area contributed by atoms with Crippen LogP contribution in [-0.2, 0) is 10.3 Å². The van der Waals surface area contributed by atoms with Gasteiger partial charge in [0.05, 0.1) is 19.3 Å². The summed E-state index contributed by atoms with van der Waals surface area (Å²) < 4.78 is 15.7. The summed E-state index contributed by atoms with van der Waals surface area (Å²) >= 11 is 0. The maximum absolute atomic E-state index is 10.4. The molecule has 0 spiro atoms. The van der Waals surface area contributed by atoms with Crippen molar-refractivity contribution in [3.63, 3.8) is 0 Å². The van der Waals surface area contributed by atoms with Gasteiger partial charge in [0, 0.05) is 18.6 Å². The van der Waals surface area contributed by atoms with Crippen LogP contribution in [0.4, 0.5) is 0 Å². The van der Waals surface area contributed by atoms with Gasteiger partial charge in [-0.05, 0) is 0 Å². The normalized spacial score (nSPS) is 30.8. The zero-order valence-corrected chi connectivity index (χ0v) is 8.77. The number of fused-ring (bicyclic) bond motifs is 3. The molecule has 16 heavy (non-hydrogen) atoms. The number of hydrogen-bond donors (Lipinski definition) is 2. The number of methoxy groups -OCH3 is 1. The second-order valence-electron chi connectivity index (χ2n) is 4.01. The Labute approximate surface area is 92.2 Å². The second kappa shape index (κ2) is 3.02. The predicted octanol–water partition coefficient (Wildman–Crippen LogP) is 0.727. The first-order valence-corrected chi connectivity index (χ1v) is 5.07. The smallest absolute Gasteiger partial charge is 0.233 e. The molecule has 3 rings (SSSR count). The Morgan fingerprint density at radius 3 is 3.06 bits per heavy atom. The maximum Gasteiger partial charge on any atom is 0.233 e. The van der Waals surface area contributed by atoms with Gasteiger partial charge in [-0.2, -0.15) is 0 Å². The van der Waals surface area contributed by atoms with E-state index in [0.717, 1.165) is 0 Å². The van der Waals surface area contributed by atoms with Gasteiger partial charge in [0.25, 0.3) is 0 Å². The van der Waals surface area contributed by atoms with E-state index >= 15 is 0 Å². The van der Waals surface area contributed by atoms with Crippen LogP contribution in [0.3, 0.4) is 0 Å². The van der Waals surface area contributed by atoms with Crippen LogP contribution in [0.5, 0.6) is 17.2 Å². The van der Waals surface area contributed by atoms with E-state index in [-0.39, 0.29) is 5.75 Å². The number of phenols is 1. The molecule has 1 saturated heterocycles. The van der Waals surface area contributed by atoms with Crippen LogP contribution in [-0.4, -0.2) is 30.2 Å². The molecule has 2 N–H and O–H groups in total. The van der Waals surface area contributed by atoms with Gasteiger partial charge < -0.3 is 24.4 Å². The fraction of sp³-hybridized carbons (Fsp3) is 0.455. The number of phenolic OH excluding ortho intramolecular Hbond substituents is 1. The van der Waals surface area contributed by atoms with E-state index in [0.29, 0.717) is 30.1 Å². The van der Waals surface area contributed by atoms with Crippen molar-refractivity contribution in [2.75, 3.05) is 13.7 Å². The van der Waals surface area contributed by atoms with Gasteiger partial charge in [-0.25, -0.2) is 0 Å². The first kappa shape index (κ1) is 9.74. The third-order valence-electron chi connectivity index (χ3n) is 3.10. The molecule has 5 heteroatoms. The molecule has 86 valence electrons. The highest BCUT2D eigenvalue weighted by molar-refractivity contribution is 5.55. The summed E-state index contributed by atoms with van der Waals surface area (Å²) in [5.41, 5.74) is -0.832. The summed E-state index contributed by atoms with van der Waals surface area (Å²) in [4.78, 5) is 0. The fourth-order valence-electron chi connectivity index (χ4n) is 2.29. The third-order valence-corrected chi connectivity index (χ3v) is 3.10. The number of aromatic hydroxyl groups is 1. The van der Waals surface area contributed by atoms with E-state index < -0.39 is 11.9 Å². The highest BCUT2D eigenvalue weighted by atomic mass is 16.7. The molecule has 0 radical (unpaired) electrons. The molecule has 2 aliphatic rings. The van der Waals surface area contributed by atoms with Gasteiger partial charge in [0.2, 0.25) is 6.29 Å². The molecule has 1 fully saturated rings. The van der Waals surface area contributed by atoms with Crippen molar-refractivity contribution < 1.29 is 24.4 Å². The Balaban J connectivity index is 2.16. The van der Waals surface area contributed by atoms with Gasteiger partial charge in [-0.15, -0.1) is 0 Å². The summed E-state index contributed by atoms with van der Waals surface area (Å²) in [6, 6.07) is 3.09. The molecule has 2 aliphatic heterocycles. The lowest BCUT2D eigenvalue weighted by atomic mass is 9.92. The van der Waals surface area contributed by atoms with Crippen molar-refractivity contribution in [2.24, 2.45) is 0 Å². The second-order valence-corrected chi connectivity index (χ2v) is 4.01. The molecule has 0 aliphatic carbocycles. The molecule has 2 atom stereocenters. The zero-order valence-electron chi connectivity index (χ0n) is 8.77. The van der Waals surface area contributed by atoms with Gasteiger partial charge in [0.1, 0.15) is 17.2 Å². The van der Waals surface area contributed by atoms with Crippen molar-refractivity contribution in [1.29, 1.82) is 0 Å². The van der Waals surface area contributed by atoms with Gasteiger partial charge in [-0.3, -0.25) is 0 Å². The molecule has 0 saturated carbocycles. The predicted molar refractivity (Wildman–Crippen MR) is 53.5 cm³/mol. The summed E-state index contributed by atoms with van der Waals surface area (Å²) in [6.07, 6.45) is -0.301. The van der Waals surface area contributed by atoms with E-state index in [9.17, 15) is 10.2 Å². The van der Waals surface area contributed by atoms with Crippen molar-refractivity contribution in [2.45, 2.75) is 18.3 Å². The molecule has 0 aromatic heterocycles. The Morgan fingerprint density at radius 1 is 1.50 bits per heavy atom. The van der Waals surface area contributed by atoms with E-state index in [4.69, 9.17) is 14.2 Å². The van der Waals surface area contributed by atoms with Crippen molar-refractivity contribution in [3.05, 3.63) is 17.7 Å². The average Bonchev–Trinajstić information content (AvgIpc) is 2.71. The van der Waals surface area contributed by atoms with Crippen LogP contribution in [0.25, 0.3) is 0 Å². The van der Waals surface area contributed by atoms with E-state index in [1.807, 2.05) is 0 Å². The van der Waals surface area contributed by atoms with Crippen LogP contribution in [0, 0.1) is 0 Å². The highest BCUT2D eigenvalue weighted by Crippen LogP contribution is 2.52.